The molecule has 0 bridgehead atoms. The topological polar surface area (TPSA) is 45.6 Å². The molecule has 1 aliphatic carbocycles. The van der Waals surface area contributed by atoms with Gasteiger partial charge in [-0.2, -0.15) is 0 Å². The Morgan fingerprint density at radius 3 is 2.50 bits per heavy atom. The minimum atomic E-state index is 0.101. The van der Waals surface area contributed by atoms with Crippen LogP contribution < -0.4 is 5.73 Å². The van der Waals surface area contributed by atoms with Gasteiger partial charge in [0.15, 0.2) is 0 Å². The maximum Gasteiger partial charge on any atom is 0.122 e. The molecule has 1 aliphatic heterocycles. The zero-order valence-electron chi connectivity index (χ0n) is 11.1. The second kappa shape index (κ2) is 5.03. The summed E-state index contributed by atoms with van der Waals surface area (Å²) >= 11 is 0. The second-order valence-corrected chi connectivity index (χ2v) is 5.62. The highest BCUT2D eigenvalue weighted by Gasteiger charge is 2.34. The molecule has 1 aromatic heterocycles. The summed E-state index contributed by atoms with van der Waals surface area (Å²) in [7, 11) is 0. The van der Waals surface area contributed by atoms with Crippen LogP contribution in [-0.2, 0) is 0 Å². The molecule has 2 fully saturated rings. The van der Waals surface area contributed by atoms with Crippen molar-refractivity contribution in [2.45, 2.75) is 37.9 Å². The smallest absolute Gasteiger partial charge is 0.122 e. The number of furan rings is 1. The Morgan fingerprint density at radius 1 is 1.28 bits per heavy atom. The van der Waals surface area contributed by atoms with Gasteiger partial charge in [-0.05, 0) is 31.9 Å². The van der Waals surface area contributed by atoms with Gasteiger partial charge in [0.05, 0.1) is 12.3 Å². The summed E-state index contributed by atoms with van der Waals surface area (Å²) in [6.45, 7) is 6.62. The van der Waals surface area contributed by atoms with E-state index in [4.69, 9.17) is 10.2 Å². The van der Waals surface area contributed by atoms with Crippen LogP contribution in [0.2, 0.25) is 0 Å². The van der Waals surface area contributed by atoms with E-state index in [1.165, 1.54) is 25.9 Å². The van der Waals surface area contributed by atoms with Gasteiger partial charge in [0.2, 0.25) is 0 Å². The molecule has 4 heteroatoms. The zero-order valence-corrected chi connectivity index (χ0v) is 11.1. The predicted octanol–water partition coefficient (Wildman–Crippen LogP) is 1.45. The summed E-state index contributed by atoms with van der Waals surface area (Å²) < 4.78 is 5.56. The summed E-state index contributed by atoms with van der Waals surface area (Å²) in [5.74, 6) is 1.00. The molecule has 2 N–H and O–H groups in total. The standard InChI is InChI=1S/C14H23N3O/c1-11(15)14(13-3-2-10-18-13)17-8-6-16(7-9-17)12-4-5-12/h2-3,10-12,14H,4-9,15H2,1H3. The summed E-state index contributed by atoms with van der Waals surface area (Å²) in [5, 5.41) is 0. The van der Waals surface area contributed by atoms with Crippen molar-refractivity contribution in [3.8, 4) is 0 Å². The third-order valence-corrected chi connectivity index (χ3v) is 4.14. The molecule has 0 radical (unpaired) electrons. The molecule has 3 rings (SSSR count). The molecule has 1 saturated heterocycles. The lowest BCUT2D eigenvalue weighted by Gasteiger charge is -2.40. The van der Waals surface area contributed by atoms with E-state index < -0.39 is 0 Å². The van der Waals surface area contributed by atoms with E-state index in [1.54, 1.807) is 6.26 Å². The number of hydrogen-bond donors (Lipinski definition) is 1. The SMILES string of the molecule is CC(N)C(c1ccco1)N1CCN(C2CC2)CC1. The van der Waals surface area contributed by atoms with Crippen molar-refractivity contribution in [3.63, 3.8) is 0 Å². The molecule has 2 unspecified atom stereocenters. The van der Waals surface area contributed by atoms with E-state index in [0.29, 0.717) is 0 Å². The molecular weight excluding hydrogens is 226 g/mol. The third-order valence-electron chi connectivity index (χ3n) is 4.14. The quantitative estimate of drug-likeness (QED) is 0.877. The third kappa shape index (κ3) is 2.46. The van der Waals surface area contributed by atoms with E-state index >= 15 is 0 Å². The van der Waals surface area contributed by atoms with Crippen LogP contribution in [0.4, 0.5) is 0 Å². The van der Waals surface area contributed by atoms with Crippen LogP contribution in [0.5, 0.6) is 0 Å². The highest BCUT2D eigenvalue weighted by molar-refractivity contribution is 5.08. The van der Waals surface area contributed by atoms with Gasteiger partial charge < -0.3 is 10.2 Å². The van der Waals surface area contributed by atoms with Gasteiger partial charge in [-0.25, -0.2) is 0 Å². The fourth-order valence-electron chi connectivity index (χ4n) is 3.05. The minimum absolute atomic E-state index is 0.101. The van der Waals surface area contributed by atoms with Gasteiger partial charge in [-0.15, -0.1) is 0 Å². The van der Waals surface area contributed by atoms with Gasteiger partial charge >= 0.3 is 0 Å². The van der Waals surface area contributed by atoms with Crippen molar-refractivity contribution >= 4 is 0 Å². The first kappa shape index (κ1) is 12.2. The monoisotopic (exact) mass is 249 g/mol. The molecule has 1 aromatic rings. The Morgan fingerprint density at radius 2 is 2.00 bits per heavy atom. The molecule has 4 nitrogen and oxygen atoms in total. The Balaban J connectivity index is 1.65. The second-order valence-electron chi connectivity index (χ2n) is 5.62. The van der Waals surface area contributed by atoms with E-state index in [-0.39, 0.29) is 12.1 Å². The Bertz CT molecular complexity index is 364. The van der Waals surface area contributed by atoms with Gasteiger partial charge in [-0.3, -0.25) is 9.80 Å². The maximum absolute atomic E-state index is 6.15. The zero-order chi connectivity index (χ0) is 12.5. The van der Waals surface area contributed by atoms with Crippen molar-refractivity contribution in [2.24, 2.45) is 5.73 Å². The average molecular weight is 249 g/mol. The van der Waals surface area contributed by atoms with Gasteiger partial charge in [0, 0.05) is 38.3 Å². The normalized spacial score (nSPS) is 26.1. The van der Waals surface area contributed by atoms with Crippen molar-refractivity contribution in [2.75, 3.05) is 26.2 Å². The van der Waals surface area contributed by atoms with Crippen LogP contribution in [0.1, 0.15) is 31.6 Å². The van der Waals surface area contributed by atoms with Gasteiger partial charge in [0.25, 0.3) is 0 Å². The highest BCUT2D eigenvalue weighted by Crippen LogP contribution is 2.30. The molecule has 100 valence electrons. The summed E-state index contributed by atoms with van der Waals surface area (Å²) in [4.78, 5) is 5.10. The van der Waals surface area contributed by atoms with Crippen LogP contribution in [-0.4, -0.2) is 48.1 Å². The molecule has 1 saturated carbocycles. The largest absolute Gasteiger partial charge is 0.468 e. The highest BCUT2D eigenvalue weighted by atomic mass is 16.3. The summed E-state index contributed by atoms with van der Waals surface area (Å²) in [6.07, 6.45) is 4.54. The number of nitrogens with two attached hydrogens (primary N) is 1. The number of nitrogens with zero attached hydrogens (tertiary/aromatic N) is 2. The average Bonchev–Trinajstić information content (AvgIpc) is 3.08. The molecule has 0 spiro atoms. The number of rotatable bonds is 4. The van der Waals surface area contributed by atoms with Crippen LogP contribution >= 0.6 is 0 Å². The van der Waals surface area contributed by atoms with Crippen LogP contribution in [0, 0.1) is 0 Å². The van der Waals surface area contributed by atoms with Crippen LogP contribution in [0.15, 0.2) is 22.8 Å². The molecule has 18 heavy (non-hydrogen) atoms. The Kier molecular flexibility index (Phi) is 3.41. The maximum atomic E-state index is 6.15. The van der Waals surface area contributed by atoms with Crippen molar-refractivity contribution in [1.82, 2.24) is 9.80 Å². The first-order chi connectivity index (χ1) is 8.75. The Hall–Kier alpha value is -0.840. The fraction of sp³-hybridized carbons (Fsp3) is 0.714. The fourth-order valence-corrected chi connectivity index (χ4v) is 3.05. The van der Waals surface area contributed by atoms with Gasteiger partial charge in [0.1, 0.15) is 5.76 Å². The first-order valence-electron chi connectivity index (χ1n) is 7.03. The van der Waals surface area contributed by atoms with Crippen molar-refractivity contribution < 1.29 is 4.42 Å². The summed E-state index contributed by atoms with van der Waals surface area (Å²) in [6, 6.07) is 5.20. The molecule has 0 aromatic carbocycles. The minimum Gasteiger partial charge on any atom is -0.468 e. The lowest BCUT2D eigenvalue weighted by molar-refractivity contribution is 0.0732. The van der Waals surface area contributed by atoms with E-state index in [1.807, 2.05) is 12.1 Å². The predicted molar refractivity (Wildman–Crippen MR) is 71.3 cm³/mol. The first-order valence-corrected chi connectivity index (χ1v) is 7.03. The molecule has 2 aliphatic rings. The van der Waals surface area contributed by atoms with E-state index in [9.17, 15) is 0 Å². The summed E-state index contributed by atoms with van der Waals surface area (Å²) in [5.41, 5.74) is 6.15. The van der Waals surface area contributed by atoms with Crippen LogP contribution in [0.3, 0.4) is 0 Å². The molecule has 2 heterocycles. The number of hydrogen-bond acceptors (Lipinski definition) is 4. The van der Waals surface area contributed by atoms with Crippen molar-refractivity contribution in [1.29, 1.82) is 0 Å². The van der Waals surface area contributed by atoms with Gasteiger partial charge in [-0.1, -0.05) is 0 Å². The van der Waals surface area contributed by atoms with E-state index in [0.717, 1.165) is 24.9 Å². The molecule has 2 atom stereocenters. The number of piperazine rings is 1. The van der Waals surface area contributed by atoms with Crippen molar-refractivity contribution in [3.05, 3.63) is 24.2 Å². The van der Waals surface area contributed by atoms with Crippen LogP contribution in [0.25, 0.3) is 0 Å². The Labute approximate surface area is 109 Å². The lowest BCUT2D eigenvalue weighted by Crippen LogP contribution is -2.51. The molecular formula is C14H23N3O. The lowest BCUT2D eigenvalue weighted by atomic mass is 10.0. The van der Waals surface area contributed by atoms with E-state index in [2.05, 4.69) is 16.7 Å². The molecule has 0 amide bonds.